The summed E-state index contributed by atoms with van der Waals surface area (Å²) in [5, 5.41) is 9.74. The van der Waals surface area contributed by atoms with Gasteiger partial charge in [-0.15, -0.1) is 0 Å². The summed E-state index contributed by atoms with van der Waals surface area (Å²) in [7, 11) is 0. The molecule has 7 heavy (non-hydrogen) atoms. The molecule has 2 heteroatoms. The van der Waals surface area contributed by atoms with Gasteiger partial charge in [0.25, 0.3) is 0 Å². The Morgan fingerprint density at radius 2 is 2.14 bits per heavy atom. The van der Waals surface area contributed by atoms with E-state index >= 15 is 0 Å². The summed E-state index contributed by atoms with van der Waals surface area (Å²) < 4.78 is 0. The number of rotatable bonds is 2. The Morgan fingerprint density at radius 3 is 2.29 bits per heavy atom. The zero-order chi connectivity index (χ0) is 5.28. The van der Waals surface area contributed by atoms with Crippen molar-refractivity contribution in [3.63, 3.8) is 0 Å². The molecule has 0 saturated heterocycles. The van der Waals surface area contributed by atoms with Crippen LogP contribution in [0.4, 0.5) is 0 Å². The molecular formula is C5H7O2. The van der Waals surface area contributed by atoms with E-state index in [-0.39, 0.29) is 6.42 Å². The molecule has 1 saturated carbocycles. The van der Waals surface area contributed by atoms with Crippen LogP contribution in [0.3, 0.4) is 0 Å². The Bertz CT molecular complexity index is 84.1. The molecular weight excluding hydrogens is 92.1 g/mol. The van der Waals surface area contributed by atoms with Crippen LogP contribution in [0.5, 0.6) is 0 Å². The number of hydrogen-bond acceptors (Lipinski definition) is 1. The standard InChI is InChI=1S/C5H7O2/c6-5(7)3-4-1-2-4/h4H,1-3H2. The maximum Gasteiger partial charge on any atom is 0.355 e. The van der Waals surface area contributed by atoms with E-state index in [9.17, 15) is 9.90 Å². The van der Waals surface area contributed by atoms with Gasteiger partial charge < -0.3 is 0 Å². The minimum Gasteiger partial charge on any atom is -0.247 e. The summed E-state index contributed by atoms with van der Waals surface area (Å²) in [5.41, 5.74) is 0. The lowest BCUT2D eigenvalue weighted by molar-refractivity contribution is -0.143. The molecule has 0 bridgehead atoms. The minimum atomic E-state index is -0.900. The van der Waals surface area contributed by atoms with Crippen LogP contribution in [0.15, 0.2) is 0 Å². The van der Waals surface area contributed by atoms with E-state index in [4.69, 9.17) is 0 Å². The van der Waals surface area contributed by atoms with E-state index in [1.807, 2.05) is 0 Å². The number of carbonyl (C=O) groups excluding carboxylic acids is 1. The first kappa shape index (κ1) is 4.62. The van der Waals surface area contributed by atoms with Crippen LogP contribution in [0.2, 0.25) is 0 Å². The second-order valence-electron chi connectivity index (χ2n) is 2.02. The smallest absolute Gasteiger partial charge is 0.247 e. The van der Waals surface area contributed by atoms with Gasteiger partial charge in [0.15, 0.2) is 0 Å². The maximum absolute atomic E-state index is 9.74. The van der Waals surface area contributed by atoms with Crippen LogP contribution in [0.25, 0.3) is 0 Å². The molecule has 0 unspecified atom stereocenters. The highest BCUT2D eigenvalue weighted by Crippen LogP contribution is 2.31. The summed E-state index contributed by atoms with van der Waals surface area (Å²) in [6.45, 7) is 0. The molecule has 0 atom stereocenters. The van der Waals surface area contributed by atoms with Gasteiger partial charge in [0.1, 0.15) is 0 Å². The second kappa shape index (κ2) is 1.52. The fraction of sp³-hybridized carbons (Fsp3) is 0.800. The topological polar surface area (TPSA) is 37.0 Å². The highest BCUT2D eigenvalue weighted by Gasteiger charge is 2.24. The Morgan fingerprint density at radius 1 is 1.57 bits per heavy atom. The predicted octanol–water partition coefficient (Wildman–Crippen LogP) is 0.744. The second-order valence-corrected chi connectivity index (χ2v) is 2.02. The zero-order valence-corrected chi connectivity index (χ0v) is 4.02. The van der Waals surface area contributed by atoms with Gasteiger partial charge in [0, 0.05) is 0 Å². The lowest BCUT2D eigenvalue weighted by atomic mass is 10.3. The third-order valence-corrected chi connectivity index (χ3v) is 1.15. The molecule has 0 aromatic carbocycles. The van der Waals surface area contributed by atoms with Crippen molar-refractivity contribution in [3.8, 4) is 0 Å². The van der Waals surface area contributed by atoms with Crippen molar-refractivity contribution in [2.45, 2.75) is 19.3 Å². The van der Waals surface area contributed by atoms with Gasteiger partial charge in [0.05, 0.1) is 6.42 Å². The van der Waals surface area contributed by atoms with E-state index < -0.39 is 5.97 Å². The monoisotopic (exact) mass is 99.0 g/mol. The summed E-state index contributed by atoms with van der Waals surface area (Å²) in [6, 6.07) is 0. The SMILES string of the molecule is [O]C(=O)CC1CC1. The molecule has 0 aromatic rings. The Hall–Kier alpha value is -0.530. The zero-order valence-electron chi connectivity index (χ0n) is 4.02. The normalized spacial score (nSPS) is 19.4. The van der Waals surface area contributed by atoms with Crippen molar-refractivity contribution >= 4 is 5.97 Å². The van der Waals surface area contributed by atoms with Crippen molar-refractivity contribution in [2.24, 2.45) is 5.92 Å². The molecule has 1 aliphatic carbocycles. The van der Waals surface area contributed by atoms with Crippen molar-refractivity contribution in [3.05, 3.63) is 0 Å². The predicted molar refractivity (Wildman–Crippen MR) is 23.0 cm³/mol. The average Bonchev–Trinajstić information content (AvgIpc) is 2.17. The van der Waals surface area contributed by atoms with Gasteiger partial charge in [-0.05, 0) is 18.8 Å². The van der Waals surface area contributed by atoms with E-state index in [1.54, 1.807) is 0 Å². The summed E-state index contributed by atoms with van der Waals surface area (Å²) >= 11 is 0. The molecule has 1 fully saturated rings. The molecule has 1 rings (SSSR count). The Balaban J connectivity index is 2.08. The van der Waals surface area contributed by atoms with Gasteiger partial charge in [-0.25, -0.2) is 9.90 Å². The van der Waals surface area contributed by atoms with Gasteiger partial charge in [-0.3, -0.25) is 0 Å². The van der Waals surface area contributed by atoms with Crippen LogP contribution in [0.1, 0.15) is 19.3 Å². The lowest BCUT2D eigenvalue weighted by Gasteiger charge is -1.78. The average molecular weight is 99.1 g/mol. The van der Waals surface area contributed by atoms with Crippen molar-refractivity contribution in [1.82, 2.24) is 0 Å². The maximum atomic E-state index is 9.74. The van der Waals surface area contributed by atoms with E-state index in [0.717, 1.165) is 12.8 Å². The molecule has 0 amide bonds. The van der Waals surface area contributed by atoms with Crippen LogP contribution >= 0.6 is 0 Å². The third-order valence-electron chi connectivity index (χ3n) is 1.15. The lowest BCUT2D eigenvalue weighted by Crippen LogP contribution is -1.91. The molecule has 1 aliphatic rings. The summed E-state index contributed by atoms with van der Waals surface area (Å²) in [6.07, 6.45) is 2.46. The molecule has 2 nitrogen and oxygen atoms in total. The van der Waals surface area contributed by atoms with Crippen LogP contribution in [-0.2, 0) is 9.90 Å². The molecule has 39 valence electrons. The Labute approximate surface area is 42.1 Å². The summed E-state index contributed by atoms with van der Waals surface area (Å²) in [4.78, 5) is 9.74. The van der Waals surface area contributed by atoms with Crippen LogP contribution in [0, 0.1) is 5.92 Å². The van der Waals surface area contributed by atoms with Gasteiger partial charge in [-0.2, -0.15) is 0 Å². The highest BCUT2D eigenvalue weighted by molar-refractivity contribution is 5.66. The fourth-order valence-electron chi connectivity index (χ4n) is 0.558. The molecule has 0 N–H and O–H groups in total. The fourth-order valence-corrected chi connectivity index (χ4v) is 0.558. The van der Waals surface area contributed by atoms with Crippen molar-refractivity contribution in [2.75, 3.05) is 0 Å². The van der Waals surface area contributed by atoms with Crippen molar-refractivity contribution < 1.29 is 9.90 Å². The Kier molecular flexibility index (Phi) is 1.01. The molecule has 0 spiro atoms. The third kappa shape index (κ3) is 1.57. The van der Waals surface area contributed by atoms with E-state index in [0.29, 0.717) is 5.92 Å². The van der Waals surface area contributed by atoms with E-state index in [2.05, 4.69) is 0 Å². The first-order valence-electron chi connectivity index (χ1n) is 2.49. The van der Waals surface area contributed by atoms with Gasteiger partial charge in [-0.1, -0.05) is 0 Å². The molecule has 0 aliphatic heterocycles. The molecule has 0 aromatic heterocycles. The highest BCUT2D eigenvalue weighted by atomic mass is 16.4. The van der Waals surface area contributed by atoms with Gasteiger partial charge in [0.2, 0.25) is 0 Å². The largest absolute Gasteiger partial charge is 0.355 e. The molecule has 0 heterocycles. The quantitative estimate of drug-likeness (QED) is 0.503. The van der Waals surface area contributed by atoms with E-state index in [1.165, 1.54) is 0 Å². The van der Waals surface area contributed by atoms with Crippen molar-refractivity contribution in [1.29, 1.82) is 0 Å². The van der Waals surface area contributed by atoms with Crippen LogP contribution in [-0.4, -0.2) is 5.97 Å². The number of hydrogen-bond donors (Lipinski definition) is 0. The van der Waals surface area contributed by atoms with Crippen LogP contribution < -0.4 is 0 Å². The summed E-state index contributed by atoms with van der Waals surface area (Å²) in [5.74, 6) is -0.438. The number of carbonyl (C=O) groups is 1. The first-order chi connectivity index (χ1) is 3.29. The molecule has 1 radical (unpaired) electrons. The minimum absolute atomic E-state index is 0.278. The first-order valence-corrected chi connectivity index (χ1v) is 2.49. The van der Waals surface area contributed by atoms with Gasteiger partial charge >= 0.3 is 5.97 Å².